The van der Waals surface area contributed by atoms with E-state index in [2.05, 4.69) is 54.0 Å². The van der Waals surface area contributed by atoms with Gasteiger partial charge in [-0.15, -0.1) is 0 Å². The minimum Gasteiger partial charge on any atom is -0.324 e. The third-order valence-corrected chi connectivity index (χ3v) is 4.51. The molecule has 1 aliphatic rings. The SMILES string of the molecule is CC1CC(C)CC(C(N)c2ccc(Br)cc2)C1. The highest BCUT2D eigenvalue weighted by atomic mass is 79.9. The van der Waals surface area contributed by atoms with Gasteiger partial charge in [-0.1, -0.05) is 41.9 Å². The lowest BCUT2D eigenvalue weighted by molar-refractivity contribution is 0.193. The van der Waals surface area contributed by atoms with Gasteiger partial charge < -0.3 is 5.73 Å². The molecule has 0 bridgehead atoms. The third kappa shape index (κ3) is 3.32. The first kappa shape index (κ1) is 13.1. The first-order chi connectivity index (χ1) is 8.06. The summed E-state index contributed by atoms with van der Waals surface area (Å²) < 4.78 is 1.12. The molecule has 94 valence electrons. The highest BCUT2D eigenvalue weighted by Crippen LogP contribution is 2.38. The molecule has 0 saturated heterocycles. The van der Waals surface area contributed by atoms with Crippen molar-refractivity contribution in [1.29, 1.82) is 0 Å². The molecule has 1 aliphatic carbocycles. The van der Waals surface area contributed by atoms with Gasteiger partial charge in [0, 0.05) is 10.5 Å². The molecule has 3 atom stereocenters. The summed E-state index contributed by atoms with van der Waals surface area (Å²) in [6, 6.07) is 8.68. The van der Waals surface area contributed by atoms with E-state index in [-0.39, 0.29) is 6.04 Å². The molecule has 2 N–H and O–H groups in total. The number of halogens is 1. The summed E-state index contributed by atoms with van der Waals surface area (Å²) in [5.41, 5.74) is 7.71. The van der Waals surface area contributed by atoms with Crippen LogP contribution in [0.5, 0.6) is 0 Å². The van der Waals surface area contributed by atoms with Gasteiger partial charge in [0.1, 0.15) is 0 Å². The summed E-state index contributed by atoms with van der Waals surface area (Å²) in [5, 5.41) is 0. The Morgan fingerprint density at radius 1 is 1.06 bits per heavy atom. The fourth-order valence-electron chi connectivity index (χ4n) is 3.26. The van der Waals surface area contributed by atoms with E-state index >= 15 is 0 Å². The van der Waals surface area contributed by atoms with Crippen LogP contribution in [0.3, 0.4) is 0 Å². The van der Waals surface area contributed by atoms with Crippen LogP contribution < -0.4 is 5.73 Å². The molecular weight excluding hydrogens is 274 g/mol. The molecule has 0 aliphatic heterocycles. The maximum Gasteiger partial charge on any atom is 0.0323 e. The first-order valence-electron chi connectivity index (χ1n) is 6.57. The zero-order valence-electron chi connectivity index (χ0n) is 10.7. The lowest BCUT2D eigenvalue weighted by Crippen LogP contribution is -2.29. The second kappa shape index (κ2) is 5.53. The van der Waals surface area contributed by atoms with Crippen LogP contribution in [0, 0.1) is 17.8 Å². The van der Waals surface area contributed by atoms with Crippen molar-refractivity contribution < 1.29 is 0 Å². The monoisotopic (exact) mass is 295 g/mol. The minimum atomic E-state index is 0.202. The fraction of sp³-hybridized carbons (Fsp3) is 0.600. The van der Waals surface area contributed by atoms with Crippen LogP contribution in [0.4, 0.5) is 0 Å². The van der Waals surface area contributed by atoms with Crippen LogP contribution in [0.15, 0.2) is 28.7 Å². The summed E-state index contributed by atoms with van der Waals surface area (Å²) >= 11 is 3.47. The molecule has 1 aromatic rings. The van der Waals surface area contributed by atoms with Crippen molar-refractivity contribution in [3.63, 3.8) is 0 Å². The zero-order chi connectivity index (χ0) is 12.4. The average molecular weight is 296 g/mol. The summed E-state index contributed by atoms with van der Waals surface area (Å²) in [7, 11) is 0. The molecule has 2 heteroatoms. The molecule has 1 aromatic carbocycles. The number of benzene rings is 1. The van der Waals surface area contributed by atoms with Crippen LogP contribution in [0.2, 0.25) is 0 Å². The first-order valence-corrected chi connectivity index (χ1v) is 7.36. The van der Waals surface area contributed by atoms with Gasteiger partial charge >= 0.3 is 0 Å². The molecule has 2 rings (SSSR count). The van der Waals surface area contributed by atoms with E-state index in [0.717, 1.165) is 16.3 Å². The predicted octanol–water partition coefficient (Wildman–Crippen LogP) is 4.52. The van der Waals surface area contributed by atoms with Crippen LogP contribution in [-0.4, -0.2) is 0 Å². The molecule has 0 radical (unpaired) electrons. The summed E-state index contributed by atoms with van der Waals surface area (Å²) in [4.78, 5) is 0. The molecule has 1 fully saturated rings. The van der Waals surface area contributed by atoms with E-state index in [9.17, 15) is 0 Å². The van der Waals surface area contributed by atoms with Crippen molar-refractivity contribution in [3.05, 3.63) is 34.3 Å². The van der Waals surface area contributed by atoms with Crippen molar-refractivity contribution in [2.75, 3.05) is 0 Å². The lowest BCUT2D eigenvalue weighted by Gasteiger charge is -2.35. The summed E-state index contributed by atoms with van der Waals surface area (Å²) in [6.45, 7) is 4.72. The number of hydrogen-bond acceptors (Lipinski definition) is 1. The number of hydrogen-bond donors (Lipinski definition) is 1. The fourth-order valence-corrected chi connectivity index (χ4v) is 3.52. The minimum absolute atomic E-state index is 0.202. The molecule has 0 aromatic heterocycles. The van der Waals surface area contributed by atoms with Crippen molar-refractivity contribution in [2.45, 2.75) is 39.2 Å². The molecule has 3 unspecified atom stereocenters. The maximum atomic E-state index is 6.43. The molecule has 1 saturated carbocycles. The van der Waals surface area contributed by atoms with Crippen molar-refractivity contribution in [1.82, 2.24) is 0 Å². The van der Waals surface area contributed by atoms with Gasteiger partial charge in [0.15, 0.2) is 0 Å². The number of nitrogens with two attached hydrogens (primary N) is 1. The van der Waals surface area contributed by atoms with Gasteiger partial charge in [-0.2, -0.15) is 0 Å². The van der Waals surface area contributed by atoms with E-state index in [0.29, 0.717) is 5.92 Å². The molecule has 1 nitrogen and oxygen atoms in total. The summed E-state index contributed by atoms with van der Waals surface area (Å²) in [5.74, 6) is 2.30. The zero-order valence-corrected chi connectivity index (χ0v) is 12.3. The quantitative estimate of drug-likeness (QED) is 0.853. The molecular formula is C15H22BrN. The van der Waals surface area contributed by atoms with Crippen molar-refractivity contribution >= 4 is 15.9 Å². The smallest absolute Gasteiger partial charge is 0.0323 e. The van der Waals surface area contributed by atoms with E-state index in [1.165, 1.54) is 24.8 Å². The van der Waals surface area contributed by atoms with Crippen LogP contribution in [0.25, 0.3) is 0 Å². The Morgan fingerprint density at radius 3 is 2.12 bits per heavy atom. The van der Waals surface area contributed by atoms with E-state index in [1.807, 2.05) is 0 Å². The Balaban J connectivity index is 2.08. The van der Waals surface area contributed by atoms with E-state index in [4.69, 9.17) is 5.73 Å². The molecule has 0 spiro atoms. The van der Waals surface area contributed by atoms with Gasteiger partial charge in [0.05, 0.1) is 0 Å². The van der Waals surface area contributed by atoms with Crippen LogP contribution >= 0.6 is 15.9 Å². The van der Waals surface area contributed by atoms with Gasteiger partial charge in [0.2, 0.25) is 0 Å². The average Bonchev–Trinajstić information content (AvgIpc) is 2.28. The topological polar surface area (TPSA) is 26.0 Å². The largest absolute Gasteiger partial charge is 0.324 e. The molecule has 0 heterocycles. The highest BCUT2D eigenvalue weighted by molar-refractivity contribution is 9.10. The van der Waals surface area contributed by atoms with Gasteiger partial charge in [-0.05, 0) is 54.7 Å². The predicted molar refractivity (Wildman–Crippen MR) is 76.7 cm³/mol. The Hall–Kier alpha value is -0.340. The molecule has 0 amide bonds. The van der Waals surface area contributed by atoms with Gasteiger partial charge in [-0.25, -0.2) is 0 Å². The summed E-state index contributed by atoms with van der Waals surface area (Å²) in [6.07, 6.45) is 3.92. The number of rotatable bonds is 2. The van der Waals surface area contributed by atoms with Gasteiger partial charge in [-0.3, -0.25) is 0 Å². The normalized spacial score (nSPS) is 31.2. The van der Waals surface area contributed by atoms with Gasteiger partial charge in [0.25, 0.3) is 0 Å². The molecule has 17 heavy (non-hydrogen) atoms. The Morgan fingerprint density at radius 2 is 1.59 bits per heavy atom. The second-order valence-electron chi connectivity index (χ2n) is 5.75. The second-order valence-corrected chi connectivity index (χ2v) is 6.67. The Labute approximate surface area is 113 Å². The van der Waals surface area contributed by atoms with Crippen LogP contribution in [0.1, 0.15) is 44.7 Å². The standard InChI is InChI=1S/C15H22BrN/c1-10-7-11(2)9-13(8-10)15(17)12-3-5-14(16)6-4-12/h3-6,10-11,13,15H,7-9,17H2,1-2H3. The highest BCUT2D eigenvalue weighted by Gasteiger charge is 2.28. The van der Waals surface area contributed by atoms with Crippen molar-refractivity contribution in [3.8, 4) is 0 Å². The van der Waals surface area contributed by atoms with E-state index < -0.39 is 0 Å². The lowest BCUT2D eigenvalue weighted by atomic mass is 9.73. The van der Waals surface area contributed by atoms with Crippen molar-refractivity contribution in [2.24, 2.45) is 23.5 Å². The Kier molecular flexibility index (Phi) is 4.26. The third-order valence-electron chi connectivity index (χ3n) is 3.98. The van der Waals surface area contributed by atoms with Crippen LogP contribution in [-0.2, 0) is 0 Å². The van der Waals surface area contributed by atoms with E-state index in [1.54, 1.807) is 0 Å². The Bertz CT molecular complexity index is 350. The maximum absolute atomic E-state index is 6.43.